The van der Waals surface area contributed by atoms with Gasteiger partial charge in [0.25, 0.3) is 11.8 Å². The highest BCUT2D eigenvalue weighted by Gasteiger charge is 2.61. The first-order valence-corrected chi connectivity index (χ1v) is 7.09. The van der Waals surface area contributed by atoms with Crippen LogP contribution in [-0.2, 0) is 14.3 Å². The quantitative estimate of drug-likeness (QED) is 0.474. The highest BCUT2D eigenvalue weighted by molar-refractivity contribution is 6.07. The van der Waals surface area contributed by atoms with Crippen LogP contribution in [0.15, 0.2) is 41.5 Å². The lowest BCUT2D eigenvalue weighted by Gasteiger charge is -2.12. The molecule has 22 heavy (non-hydrogen) atoms. The van der Waals surface area contributed by atoms with Crippen LogP contribution in [0, 0.1) is 11.8 Å². The SMILES string of the molecule is COc1ccccc1/C=N\N1C(=O)[C@@H]2[C@@H](C1=O)[C@@H]1C=C[C@@H]2O1. The maximum Gasteiger partial charge on any atom is 0.256 e. The van der Waals surface area contributed by atoms with Crippen LogP contribution in [0.1, 0.15) is 5.56 Å². The lowest BCUT2D eigenvalue weighted by Crippen LogP contribution is -2.30. The molecule has 2 saturated heterocycles. The van der Waals surface area contributed by atoms with Crippen molar-refractivity contribution in [3.8, 4) is 5.75 Å². The molecule has 0 aliphatic carbocycles. The fourth-order valence-corrected chi connectivity index (χ4v) is 3.29. The first-order chi connectivity index (χ1) is 10.7. The molecule has 4 atom stereocenters. The summed E-state index contributed by atoms with van der Waals surface area (Å²) in [6.45, 7) is 0. The van der Waals surface area contributed by atoms with Crippen molar-refractivity contribution in [3.63, 3.8) is 0 Å². The van der Waals surface area contributed by atoms with Crippen molar-refractivity contribution in [1.29, 1.82) is 0 Å². The predicted molar refractivity (Wildman–Crippen MR) is 77.2 cm³/mol. The summed E-state index contributed by atoms with van der Waals surface area (Å²) in [6.07, 6.45) is 4.59. The minimum Gasteiger partial charge on any atom is -0.496 e. The Morgan fingerprint density at radius 3 is 2.41 bits per heavy atom. The van der Waals surface area contributed by atoms with E-state index in [-0.39, 0.29) is 24.0 Å². The molecule has 3 heterocycles. The number of fused-ring (bicyclic) bond motifs is 5. The Hall–Kier alpha value is -2.47. The lowest BCUT2D eigenvalue weighted by molar-refractivity contribution is -0.142. The van der Waals surface area contributed by atoms with Crippen molar-refractivity contribution >= 4 is 18.0 Å². The number of ether oxygens (including phenoxy) is 2. The average molecular weight is 298 g/mol. The molecular formula is C16H14N2O4. The summed E-state index contributed by atoms with van der Waals surface area (Å²) in [6, 6.07) is 7.28. The van der Waals surface area contributed by atoms with Gasteiger partial charge >= 0.3 is 0 Å². The molecule has 6 heteroatoms. The fourth-order valence-electron chi connectivity index (χ4n) is 3.29. The summed E-state index contributed by atoms with van der Waals surface area (Å²) in [5, 5.41) is 5.06. The molecule has 2 amide bonds. The number of amides is 2. The fraction of sp³-hybridized carbons (Fsp3) is 0.312. The summed E-state index contributed by atoms with van der Waals surface area (Å²) in [7, 11) is 1.56. The Morgan fingerprint density at radius 1 is 1.14 bits per heavy atom. The predicted octanol–water partition coefficient (Wildman–Crippen LogP) is 0.967. The Bertz CT molecular complexity index is 682. The van der Waals surface area contributed by atoms with Gasteiger partial charge in [0.2, 0.25) is 0 Å². The van der Waals surface area contributed by atoms with Gasteiger partial charge < -0.3 is 9.47 Å². The summed E-state index contributed by atoms with van der Waals surface area (Å²) in [4.78, 5) is 24.8. The minimum atomic E-state index is -0.433. The van der Waals surface area contributed by atoms with Crippen LogP contribution in [-0.4, -0.2) is 42.4 Å². The molecule has 1 aromatic rings. The molecule has 0 radical (unpaired) electrons. The number of hydrogen-bond acceptors (Lipinski definition) is 5. The number of imide groups is 1. The summed E-state index contributed by atoms with van der Waals surface area (Å²) in [5.74, 6) is -0.818. The maximum atomic E-state index is 12.4. The van der Waals surface area contributed by atoms with Gasteiger partial charge in [0, 0.05) is 5.56 Å². The first-order valence-electron chi connectivity index (χ1n) is 7.09. The number of benzene rings is 1. The van der Waals surface area contributed by atoms with Crippen LogP contribution < -0.4 is 4.74 Å². The van der Waals surface area contributed by atoms with E-state index in [1.807, 2.05) is 30.4 Å². The summed E-state index contributed by atoms with van der Waals surface area (Å²) >= 11 is 0. The van der Waals surface area contributed by atoms with E-state index in [4.69, 9.17) is 9.47 Å². The average Bonchev–Trinajstić information content (AvgIpc) is 3.21. The first kappa shape index (κ1) is 13.2. The van der Waals surface area contributed by atoms with Gasteiger partial charge in [0.15, 0.2) is 0 Å². The van der Waals surface area contributed by atoms with Crippen LogP contribution in [0.25, 0.3) is 0 Å². The second-order valence-corrected chi connectivity index (χ2v) is 5.48. The van der Waals surface area contributed by atoms with Crippen LogP contribution in [0.5, 0.6) is 5.75 Å². The molecule has 3 aliphatic rings. The molecule has 0 unspecified atom stereocenters. The third-order valence-corrected chi connectivity index (χ3v) is 4.34. The number of carbonyl (C=O) groups is 2. The standard InChI is InChI=1S/C16H14N2O4/c1-21-10-5-3-2-4-9(10)8-17-18-15(19)13-11-6-7-12(22-11)14(13)16(18)20/h2-8,11-14H,1H3/b17-8-/t11-,12-,13-,14-/m0/s1. The zero-order valence-corrected chi connectivity index (χ0v) is 11.9. The van der Waals surface area contributed by atoms with Gasteiger partial charge in [-0.25, -0.2) is 0 Å². The molecule has 1 aromatic carbocycles. The summed E-state index contributed by atoms with van der Waals surface area (Å²) in [5.41, 5.74) is 0.708. The normalized spacial score (nSPS) is 32.3. The highest BCUT2D eigenvalue weighted by atomic mass is 16.5. The van der Waals surface area contributed by atoms with Crippen LogP contribution in [0.2, 0.25) is 0 Å². The number of rotatable bonds is 3. The topological polar surface area (TPSA) is 68.2 Å². The van der Waals surface area contributed by atoms with E-state index in [0.717, 1.165) is 5.01 Å². The smallest absolute Gasteiger partial charge is 0.256 e. The van der Waals surface area contributed by atoms with Gasteiger partial charge in [-0.1, -0.05) is 24.3 Å². The summed E-state index contributed by atoms with van der Waals surface area (Å²) < 4.78 is 10.8. The van der Waals surface area contributed by atoms with Crippen molar-refractivity contribution in [2.24, 2.45) is 16.9 Å². The van der Waals surface area contributed by atoms with Gasteiger partial charge in [0.05, 0.1) is 37.4 Å². The van der Waals surface area contributed by atoms with Crippen molar-refractivity contribution in [3.05, 3.63) is 42.0 Å². The van der Waals surface area contributed by atoms with Crippen molar-refractivity contribution in [2.75, 3.05) is 7.11 Å². The van der Waals surface area contributed by atoms with Crippen molar-refractivity contribution in [2.45, 2.75) is 12.2 Å². The number of nitrogens with zero attached hydrogens (tertiary/aromatic N) is 2. The van der Waals surface area contributed by atoms with Crippen molar-refractivity contribution < 1.29 is 19.1 Å². The van der Waals surface area contributed by atoms with E-state index in [1.165, 1.54) is 6.21 Å². The Balaban J connectivity index is 1.61. The zero-order valence-electron chi connectivity index (χ0n) is 11.9. The van der Waals surface area contributed by atoms with Gasteiger partial charge in [-0.3, -0.25) is 9.59 Å². The molecule has 0 aromatic heterocycles. The molecule has 4 rings (SSSR count). The molecule has 2 fully saturated rings. The number of hydrogen-bond donors (Lipinski definition) is 0. The third kappa shape index (κ3) is 1.74. The van der Waals surface area contributed by atoms with E-state index >= 15 is 0 Å². The number of methoxy groups -OCH3 is 1. The van der Waals surface area contributed by atoms with E-state index in [9.17, 15) is 9.59 Å². The zero-order chi connectivity index (χ0) is 15.3. The molecule has 0 N–H and O–H groups in total. The lowest BCUT2D eigenvalue weighted by atomic mass is 9.85. The van der Waals surface area contributed by atoms with Gasteiger partial charge in [0.1, 0.15) is 5.75 Å². The molecule has 112 valence electrons. The molecular weight excluding hydrogens is 284 g/mol. The van der Waals surface area contributed by atoms with E-state index in [2.05, 4.69) is 5.10 Å². The van der Waals surface area contributed by atoms with Crippen LogP contribution >= 0.6 is 0 Å². The Labute approximate surface area is 127 Å². The molecule has 0 spiro atoms. The van der Waals surface area contributed by atoms with Gasteiger partial charge in [-0.15, -0.1) is 0 Å². The number of carbonyl (C=O) groups excluding carboxylic acids is 2. The van der Waals surface area contributed by atoms with E-state index < -0.39 is 11.8 Å². The molecule has 6 nitrogen and oxygen atoms in total. The minimum absolute atomic E-state index is 0.294. The van der Waals surface area contributed by atoms with Crippen LogP contribution in [0.4, 0.5) is 0 Å². The van der Waals surface area contributed by atoms with E-state index in [0.29, 0.717) is 11.3 Å². The molecule has 0 saturated carbocycles. The molecule has 2 bridgehead atoms. The third-order valence-electron chi connectivity index (χ3n) is 4.34. The number of hydrazone groups is 1. The Kier molecular flexibility index (Phi) is 2.87. The van der Waals surface area contributed by atoms with E-state index in [1.54, 1.807) is 13.2 Å². The second-order valence-electron chi connectivity index (χ2n) is 5.48. The monoisotopic (exact) mass is 298 g/mol. The Morgan fingerprint density at radius 2 is 1.77 bits per heavy atom. The van der Waals surface area contributed by atoms with Crippen molar-refractivity contribution in [1.82, 2.24) is 5.01 Å². The van der Waals surface area contributed by atoms with Gasteiger partial charge in [-0.2, -0.15) is 10.1 Å². The molecule has 3 aliphatic heterocycles. The second kappa shape index (κ2) is 4.78. The van der Waals surface area contributed by atoms with Gasteiger partial charge in [-0.05, 0) is 12.1 Å². The maximum absolute atomic E-state index is 12.4. The van der Waals surface area contributed by atoms with Crippen LogP contribution in [0.3, 0.4) is 0 Å². The number of para-hydroxylation sites is 1. The largest absolute Gasteiger partial charge is 0.496 e. The highest BCUT2D eigenvalue weighted by Crippen LogP contribution is 2.45.